The van der Waals surface area contributed by atoms with Gasteiger partial charge in [-0.05, 0) is 71.2 Å². The van der Waals surface area contributed by atoms with Crippen molar-refractivity contribution in [2.45, 2.75) is 28.5 Å². The van der Waals surface area contributed by atoms with Crippen molar-refractivity contribution in [1.29, 1.82) is 0 Å². The van der Waals surface area contributed by atoms with Crippen LogP contribution in [0.3, 0.4) is 0 Å². The van der Waals surface area contributed by atoms with E-state index in [-0.39, 0.29) is 41.6 Å². The second-order valence-corrected chi connectivity index (χ2v) is 13.3. The second kappa shape index (κ2) is 9.71. The van der Waals surface area contributed by atoms with Crippen molar-refractivity contribution < 1.29 is 29.0 Å². The highest BCUT2D eigenvalue weighted by Gasteiger charge is 2.76. The number of benzene rings is 2. The summed E-state index contributed by atoms with van der Waals surface area (Å²) < 4.78 is 5.84. The number of hydrogen-bond donors (Lipinski definition) is 1. The Hall–Kier alpha value is -2.15. The topological polar surface area (TPSA) is 104 Å². The van der Waals surface area contributed by atoms with Crippen LogP contribution in [0, 0.1) is 21.3 Å². The summed E-state index contributed by atoms with van der Waals surface area (Å²) in [6, 6.07) is 12.0. The molecule has 4 aliphatic rings. The summed E-state index contributed by atoms with van der Waals surface area (Å²) in [6.45, 7) is 0. The van der Waals surface area contributed by atoms with Gasteiger partial charge in [0.1, 0.15) is 0 Å². The number of alkyl halides is 3. The lowest BCUT2D eigenvalue weighted by molar-refractivity contribution is -0.138. The van der Waals surface area contributed by atoms with E-state index in [1.54, 1.807) is 42.5 Å². The molecule has 2 aromatic rings. The Morgan fingerprint density at radius 1 is 1.07 bits per heavy atom. The van der Waals surface area contributed by atoms with Gasteiger partial charge in [-0.15, -0.1) is 23.2 Å². The monoisotopic (exact) mass is 758 g/mol. The average molecular weight is 760 g/mol. The smallest absolute Gasteiger partial charge is 0.254 e. The van der Waals surface area contributed by atoms with Crippen molar-refractivity contribution in [2.75, 3.05) is 17.5 Å². The lowest BCUT2D eigenvalue weighted by Crippen LogP contribution is -2.60. The van der Waals surface area contributed by atoms with Gasteiger partial charge >= 0.3 is 0 Å². The molecule has 12 heteroatoms. The Kier molecular flexibility index (Phi) is 6.79. The molecule has 0 aromatic heterocycles. The molecule has 3 fully saturated rings. The van der Waals surface area contributed by atoms with Crippen LogP contribution in [0.2, 0.25) is 0 Å². The molecule has 1 saturated carbocycles. The molecule has 4 amide bonds. The second-order valence-electron chi connectivity index (χ2n) is 10.4. The summed E-state index contributed by atoms with van der Waals surface area (Å²) in [7, 11) is 1.41. The van der Waals surface area contributed by atoms with E-state index in [2.05, 4.69) is 15.9 Å². The minimum Gasteiger partial charge on any atom is -0.504 e. The molecule has 0 spiro atoms. The van der Waals surface area contributed by atoms with Gasteiger partial charge in [0.05, 0.1) is 33.7 Å². The van der Waals surface area contributed by atoms with E-state index in [1.165, 1.54) is 12.0 Å². The van der Waals surface area contributed by atoms with Gasteiger partial charge in [-0.25, -0.2) is 0 Å². The van der Waals surface area contributed by atoms with Crippen LogP contribution < -0.4 is 9.64 Å². The van der Waals surface area contributed by atoms with E-state index < -0.39 is 45.2 Å². The van der Waals surface area contributed by atoms with Crippen molar-refractivity contribution in [3.63, 3.8) is 0 Å². The number of aromatic hydroxyl groups is 1. The number of fused-ring (bicyclic) bond motifs is 4. The fourth-order valence-corrected chi connectivity index (χ4v) is 8.93. The van der Waals surface area contributed by atoms with Gasteiger partial charge in [-0.1, -0.05) is 45.8 Å². The summed E-state index contributed by atoms with van der Waals surface area (Å²) >= 11 is 19.7. The Labute approximate surface area is 261 Å². The van der Waals surface area contributed by atoms with Crippen LogP contribution in [0.5, 0.6) is 11.5 Å². The summed E-state index contributed by atoms with van der Waals surface area (Å²) in [5.41, 5.74) is 1.54. The molecule has 0 radical (unpaired) electrons. The zero-order chi connectivity index (χ0) is 28.7. The molecule has 40 heavy (non-hydrogen) atoms. The number of phenols is 1. The van der Waals surface area contributed by atoms with Gasteiger partial charge in [-0.3, -0.25) is 29.0 Å². The molecule has 1 N–H and O–H groups in total. The molecule has 0 bridgehead atoms. The van der Waals surface area contributed by atoms with E-state index in [4.69, 9.17) is 27.9 Å². The molecule has 2 aliphatic heterocycles. The Bertz CT molecular complexity index is 1520. The minimum absolute atomic E-state index is 0.0800. The maximum Gasteiger partial charge on any atom is 0.254 e. The van der Waals surface area contributed by atoms with Crippen LogP contribution in [0.15, 0.2) is 54.1 Å². The minimum atomic E-state index is -1.93. The summed E-state index contributed by atoms with van der Waals surface area (Å²) in [4.78, 5) is 53.5. The largest absolute Gasteiger partial charge is 0.504 e. The maximum absolute atomic E-state index is 14.0. The van der Waals surface area contributed by atoms with Crippen molar-refractivity contribution in [3.05, 3.63) is 63.2 Å². The Morgan fingerprint density at radius 3 is 2.42 bits per heavy atom. The number of halogens is 4. The van der Waals surface area contributed by atoms with Gasteiger partial charge in [0.2, 0.25) is 11.8 Å². The first-order chi connectivity index (χ1) is 19.0. The summed E-state index contributed by atoms with van der Waals surface area (Å²) in [5, 5.41) is 10.5. The third-order valence-electron chi connectivity index (χ3n) is 8.63. The highest BCUT2D eigenvalue weighted by Crippen LogP contribution is 2.66. The molecule has 8 nitrogen and oxygen atoms in total. The molecule has 208 valence electrons. The normalized spacial score (nSPS) is 33.1. The van der Waals surface area contributed by atoms with Crippen molar-refractivity contribution in [1.82, 2.24) is 4.90 Å². The van der Waals surface area contributed by atoms with Gasteiger partial charge in [0.25, 0.3) is 11.8 Å². The van der Waals surface area contributed by atoms with Crippen LogP contribution in [-0.2, 0) is 19.2 Å². The zero-order valence-electron chi connectivity index (χ0n) is 20.9. The molecule has 2 saturated heterocycles. The number of likely N-dealkylation sites (tertiary alicyclic amines) is 1. The Balaban J connectivity index is 1.55. The highest BCUT2D eigenvalue weighted by molar-refractivity contribution is 14.1. The number of carbonyl (C=O) groups is 4. The maximum atomic E-state index is 14.0. The third-order valence-corrected chi connectivity index (χ3v) is 11.4. The number of methoxy groups -OCH3 is 1. The number of nitrogens with zero attached hydrogens (tertiary/aromatic N) is 2. The number of ether oxygens (including phenoxy) is 1. The first-order valence-electron chi connectivity index (χ1n) is 12.5. The van der Waals surface area contributed by atoms with Crippen molar-refractivity contribution >= 4 is 91.0 Å². The number of amides is 4. The number of allylic oxidation sites excluding steroid dienone is 2. The van der Waals surface area contributed by atoms with Crippen LogP contribution in [0.25, 0.3) is 0 Å². The molecular weight excluding hydrogens is 738 g/mol. The van der Waals surface area contributed by atoms with Crippen LogP contribution >= 0.6 is 61.7 Å². The quantitative estimate of drug-likeness (QED) is 0.156. The van der Waals surface area contributed by atoms with Crippen LogP contribution in [-0.4, -0.2) is 55.9 Å². The van der Waals surface area contributed by atoms with E-state index in [0.29, 0.717) is 20.4 Å². The van der Waals surface area contributed by atoms with E-state index in [9.17, 15) is 24.3 Å². The van der Waals surface area contributed by atoms with E-state index in [1.807, 2.05) is 28.7 Å². The first-order valence-corrected chi connectivity index (χ1v) is 15.5. The fourth-order valence-electron chi connectivity index (χ4n) is 6.87. The Morgan fingerprint density at radius 2 is 1.77 bits per heavy atom. The van der Waals surface area contributed by atoms with Crippen LogP contribution in [0.1, 0.15) is 24.3 Å². The van der Waals surface area contributed by atoms with E-state index in [0.717, 1.165) is 4.90 Å². The number of para-hydroxylation sites is 1. The van der Waals surface area contributed by atoms with Gasteiger partial charge in [-0.2, -0.15) is 0 Å². The lowest BCUT2D eigenvalue weighted by Gasteiger charge is -2.50. The molecule has 6 rings (SSSR count). The van der Waals surface area contributed by atoms with Crippen LogP contribution in [0.4, 0.5) is 5.69 Å². The predicted octanol–water partition coefficient (Wildman–Crippen LogP) is 4.92. The van der Waals surface area contributed by atoms with Gasteiger partial charge in [0, 0.05) is 5.92 Å². The first kappa shape index (κ1) is 28.0. The summed E-state index contributed by atoms with van der Waals surface area (Å²) in [5.74, 6) is -4.91. The average Bonchev–Trinajstić information content (AvgIpc) is 3.28. The molecule has 2 aromatic carbocycles. The lowest BCUT2D eigenvalue weighted by atomic mass is 9.56. The molecule has 2 heterocycles. The molecular formula is C28H22BrCl2IN2O6. The number of hydrogen-bond acceptors (Lipinski definition) is 6. The standard InChI is InChI=1S/C28H22BrCl2IN2O6/c1-40-19-10-13(9-18(32)22(19)35)21-15-7-8-16-20(24(37)34(23(16)36)14-5-3-2-4-6-14)17(15)11-27(30)25(38)33(12-29)26(39)28(21,27)31/h2-7,9-10,16-17,20-21,35H,8,11-12H2,1H3/t16-,17+,20-,21-,27+,28-/m0/s1. The SMILES string of the molecule is COc1cc([C@H]2C3=CC[C@@H]4C(=O)N(c5ccccc5)C(=O)[C@@H]4[C@@H]3C[C@@]3(Cl)C(=O)N(CBr)C(=O)[C@@]23Cl)cc(I)c1O. The molecule has 0 unspecified atom stereocenters. The number of phenolic OH excluding ortho intramolecular Hbond substituents is 1. The van der Waals surface area contributed by atoms with E-state index >= 15 is 0 Å². The predicted molar refractivity (Wildman–Crippen MR) is 160 cm³/mol. The molecule has 6 atom stereocenters. The zero-order valence-corrected chi connectivity index (χ0v) is 26.2. The third kappa shape index (κ3) is 3.54. The van der Waals surface area contributed by atoms with Gasteiger partial charge in [0.15, 0.2) is 21.2 Å². The van der Waals surface area contributed by atoms with Crippen molar-refractivity contribution in [2.24, 2.45) is 17.8 Å². The van der Waals surface area contributed by atoms with Crippen molar-refractivity contribution in [3.8, 4) is 11.5 Å². The fraction of sp³-hybridized carbons (Fsp3) is 0.357. The number of imide groups is 2. The summed E-state index contributed by atoms with van der Waals surface area (Å²) in [6.07, 6.45) is 2.04. The highest BCUT2D eigenvalue weighted by atomic mass is 127. The molecule has 2 aliphatic carbocycles. The van der Waals surface area contributed by atoms with Gasteiger partial charge < -0.3 is 9.84 Å². The number of carbonyl (C=O) groups excluding carboxylic acids is 4. The number of rotatable bonds is 4. The number of anilines is 1.